The third kappa shape index (κ3) is 6.71. The molecule has 0 saturated carbocycles. The number of carbonyl (C=O) groups is 2. The first-order chi connectivity index (χ1) is 11.0. The predicted octanol–water partition coefficient (Wildman–Crippen LogP) is 2.65. The molecule has 0 spiro atoms. The Balaban J connectivity index is 2.28. The molecule has 24 heavy (non-hydrogen) atoms. The minimum Gasteiger partial charge on any atom is -0.479 e. The lowest BCUT2D eigenvalue weighted by Crippen LogP contribution is -2.46. The number of nitrogens with one attached hydrogen (secondary N) is 1. The first-order valence-electron chi connectivity index (χ1n) is 8.34. The number of carboxylic acids is 1. The van der Waals surface area contributed by atoms with Gasteiger partial charge in [0.1, 0.15) is 0 Å². The van der Waals surface area contributed by atoms with Crippen LogP contribution in [0, 0.1) is 0 Å². The lowest BCUT2D eigenvalue weighted by atomic mass is 9.86. The summed E-state index contributed by atoms with van der Waals surface area (Å²) in [6.45, 7) is 7.43. The third-order valence-electron chi connectivity index (χ3n) is 4.03. The van der Waals surface area contributed by atoms with E-state index in [2.05, 4.69) is 50.4 Å². The highest BCUT2D eigenvalue weighted by Crippen LogP contribution is 2.22. The maximum atomic E-state index is 11.7. The fourth-order valence-corrected chi connectivity index (χ4v) is 2.22. The Bertz CT molecular complexity index is 556. The van der Waals surface area contributed by atoms with Crippen molar-refractivity contribution in [3.8, 4) is 0 Å². The van der Waals surface area contributed by atoms with Crippen LogP contribution < -0.4 is 5.32 Å². The minimum absolute atomic E-state index is 0.147. The second-order valence-electron chi connectivity index (χ2n) is 7.51. The Morgan fingerprint density at radius 1 is 1.04 bits per heavy atom. The van der Waals surface area contributed by atoms with Gasteiger partial charge in [-0.15, -0.1) is 0 Å². The molecular formula is C19H29NO4. The van der Waals surface area contributed by atoms with Crippen molar-refractivity contribution >= 4 is 11.9 Å². The number of hydrogen-bond donors (Lipinski definition) is 3. The molecule has 0 aromatic heterocycles. The van der Waals surface area contributed by atoms with Crippen molar-refractivity contribution in [2.24, 2.45) is 0 Å². The van der Waals surface area contributed by atoms with Crippen molar-refractivity contribution in [2.45, 2.75) is 64.4 Å². The number of aryl methyl sites for hydroxylation is 1. The molecule has 0 heterocycles. The maximum absolute atomic E-state index is 11.7. The highest BCUT2D eigenvalue weighted by Gasteiger charge is 2.30. The average Bonchev–Trinajstić information content (AvgIpc) is 2.49. The molecule has 134 valence electrons. The second-order valence-corrected chi connectivity index (χ2v) is 7.51. The molecule has 1 aromatic carbocycles. The van der Waals surface area contributed by atoms with Crippen LogP contribution in [0.25, 0.3) is 0 Å². The monoisotopic (exact) mass is 335 g/mol. The SMILES string of the molecule is CC(O)(CNC(=O)CCCCc1ccc(C(C)(C)C)cc1)C(=O)O. The van der Waals surface area contributed by atoms with Crippen LogP contribution in [0.1, 0.15) is 58.1 Å². The number of hydrogen-bond acceptors (Lipinski definition) is 3. The van der Waals surface area contributed by atoms with Crippen LogP contribution in [0.4, 0.5) is 0 Å². The van der Waals surface area contributed by atoms with Crippen LogP contribution in [0.5, 0.6) is 0 Å². The molecular weight excluding hydrogens is 306 g/mol. The van der Waals surface area contributed by atoms with Crippen molar-refractivity contribution in [3.63, 3.8) is 0 Å². The Morgan fingerprint density at radius 2 is 1.62 bits per heavy atom. The van der Waals surface area contributed by atoms with Gasteiger partial charge in [-0.3, -0.25) is 4.79 Å². The van der Waals surface area contributed by atoms with Crippen LogP contribution in [0.3, 0.4) is 0 Å². The molecule has 0 aliphatic heterocycles. The standard InChI is InChI=1S/C19H29NO4/c1-18(2,3)15-11-9-14(10-12-15)7-5-6-8-16(21)20-13-19(4,24)17(22)23/h9-12,24H,5-8,13H2,1-4H3,(H,20,21)(H,22,23). The van der Waals surface area contributed by atoms with Gasteiger partial charge in [0.15, 0.2) is 5.60 Å². The normalized spacial score (nSPS) is 14.0. The molecule has 3 N–H and O–H groups in total. The molecule has 5 nitrogen and oxygen atoms in total. The van der Waals surface area contributed by atoms with E-state index in [1.165, 1.54) is 11.1 Å². The Kier molecular flexibility index (Phi) is 6.96. The van der Waals surface area contributed by atoms with E-state index in [-0.39, 0.29) is 17.9 Å². The van der Waals surface area contributed by atoms with Gasteiger partial charge in [0.25, 0.3) is 0 Å². The summed E-state index contributed by atoms with van der Waals surface area (Å²) in [5, 5.41) is 20.7. The zero-order chi connectivity index (χ0) is 18.4. The van der Waals surface area contributed by atoms with Gasteiger partial charge in [-0.1, -0.05) is 45.0 Å². The molecule has 5 heteroatoms. The van der Waals surface area contributed by atoms with Crippen molar-refractivity contribution in [1.29, 1.82) is 0 Å². The van der Waals surface area contributed by atoms with E-state index in [4.69, 9.17) is 5.11 Å². The molecule has 1 rings (SSSR count). The van der Waals surface area contributed by atoms with Gasteiger partial charge in [0.05, 0.1) is 6.54 Å². The van der Waals surface area contributed by atoms with Crippen molar-refractivity contribution < 1.29 is 19.8 Å². The number of aliphatic hydroxyl groups is 1. The summed E-state index contributed by atoms with van der Waals surface area (Å²) in [5.74, 6) is -1.58. The zero-order valence-electron chi connectivity index (χ0n) is 15.1. The van der Waals surface area contributed by atoms with Crippen molar-refractivity contribution in [2.75, 3.05) is 6.54 Å². The van der Waals surface area contributed by atoms with Crippen molar-refractivity contribution in [3.05, 3.63) is 35.4 Å². The lowest BCUT2D eigenvalue weighted by molar-refractivity contribution is -0.156. The molecule has 1 unspecified atom stereocenters. The zero-order valence-corrected chi connectivity index (χ0v) is 15.1. The van der Waals surface area contributed by atoms with Crippen LogP contribution >= 0.6 is 0 Å². The van der Waals surface area contributed by atoms with E-state index in [1.807, 2.05) is 0 Å². The van der Waals surface area contributed by atoms with Gasteiger partial charge >= 0.3 is 5.97 Å². The third-order valence-corrected chi connectivity index (χ3v) is 4.03. The fourth-order valence-electron chi connectivity index (χ4n) is 2.22. The Labute approximate surface area is 144 Å². The summed E-state index contributed by atoms with van der Waals surface area (Å²) in [6, 6.07) is 8.56. The molecule has 1 atom stereocenters. The second kappa shape index (κ2) is 8.29. The summed E-state index contributed by atoms with van der Waals surface area (Å²) < 4.78 is 0. The van der Waals surface area contributed by atoms with Gasteiger partial charge in [0, 0.05) is 6.42 Å². The number of carbonyl (C=O) groups excluding carboxylic acids is 1. The van der Waals surface area contributed by atoms with Gasteiger partial charge in [0.2, 0.25) is 5.91 Å². The molecule has 0 radical (unpaired) electrons. The van der Waals surface area contributed by atoms with E-state index in [9.17, 15) is 14.7 Å². The first-order valence-corrected chi connectivity index (χ1v) is 8.34. The van der Waals surface area contributed by atoms with Gasteiger partial charge in [-0.25, -0.2) is 4.79 Å². The molecule has 0 saturated heterocycles. The number of aliphatic carboxylic acids is 1. The van der Waals surface area contributed by atoms with E-state index in [0.29, 0.717) is 6.42 Å². The lowest BCUT2D eigenvalue weighted by Gasteiger charge is -2.19. The van der Waals surface area contributed by atoms with Crippen LogP contribution in [0.2, 0.25) is 0 Å². The largest absolute Gasteiger partial charge is 0.479 e. The minimum atomic E-state index is -1.93. The summed E-state index contributed by atoms with van der Waals surface area (Å²) in [4.78, 5) is 22.4. The highest BCUT2D eigenvalue weighted by atomic mass is 16.4. The van der Waals surface area contributed by atoms with Gasteiger partial charge in [-0.05, 0) is 42.7 Å². The quantitative estimate of drug-likeness (QED) is 0.638. The number of unbranched alkanes of at least 4 members (excludes halogenated alkanes) is 1. The number of carboxylic acid groups (broad SMARTS) is 1. The van der Waals surface area contributed by atoms with Crippen LogP contribution in [0.15, 0.2) is 24.3 Å². The van der Waals surface area contributed by atoms with Crippen molar-refractivity contribution in [1.82, 2.24) is 5.32 Å². The molecule has 0 aliphatic carbocycles. The fraction of sp³-hybridized carbons (Fsp3) is 0.579. The topological polar surface area (TPSA) is 86.6 Å². The number of amides is 1. The van der Waals surface area contributed by atoms with Gasteiger partial charge < -0.3 is 15.5 Å². The summed E-state index contributed by atoms with van der Waals surface area (Å²) in [5.41, 5.74) is 0.770. The molecule has 1 amide bonds. The molecule has 1 aromatic rings. The summed E-state index contributed by atoms with van der Waals surface area (Å²) >= 11 is 0. The first kappa shape index (κ1) is 20.2. The van der Waals surface area contributed by atoms with E-state index in [1.54, 1.807) is 0 Å². The van der Waals surface area contributed by atoms with Crippen LogP contribution in [-0.2, 0) is 21.4 Å². The highest BCUT2D eigenvalue weighted by molar-refractivity contribution is 5.80. The predicted molar refractivity (Wildman–Crippen MR) is 94.0 cm³/mol. The number of rotatable bonds is 8. The smallest absolute Gasteiger partial charge is 0.337 e. The van der Waals surface area contributed by atoms with E-state index >= 15 is 0 Å². The molecule has 0 bridgehead atoms. The Hall–Kier alpha value is -1.88. The average molecular weight is 335 g/mol. The summed E-state index contributed by atoms with van der Waals surface area (Å²) in [6.07, 6.45) is 2.85. The summed E-state index contributed by atoms with van der Waals surface area (Å²) in [7, 11) is 0. The molecule has 0 fully saturated rings. The maximum Gasteiger partial charge on any atom is 0.337 e. The molecule has 0 aliphatic rings. The van der Waals surface area contributed by atoms with Gasteiger partial charge in [-0.2, -0.15) is 0 Å². The van der Waals surface area contributed by atoms with E-state index in [0.717, 1.165) is 26.2 Å². The van der Waals surface area contributed by atoms with Crippen LogP contribution in [-0.4, -0.2) is 34.2 Å². The number of benzene rings is 1. The Morgan fingerprint density at radius 3 is 2.12 bits per heavy atom. The van der Waals surface area contributed by atoms with E-state index < -0.39 is 11.6 Å².